The molecule has 0 amide bonds. The Bertz CT molecular complexity index is 1940. The predicted octanol–water partition coefficient (Wildman–Crippen LogP) is 19.5. The normalized spacial score (nSPS) is 14.5. The highest BCUT2D eigenvalue weighted by atomic mass is 31.2. The van der Waals surface area contributed by atoms with Crippen molar-refractivity contribution in [3.63, 3.8) is 0 Å². The molecule has 0 rings (SSSR count). The second kappa shape index (κ2) is 62.2. The van der Waals surface area contributed by atoms with E-state index in [0.717, 1.165) is 128 Å². The van der Waals surface area contributed by atoms with Gasteiger partial charge in [0.2, 0.25) is 0 Å². The van der Waals surface area contributed by atoms with Crippen molar-refractivity contribution in [1.29, 1.82) is 0 Å². The first-order chi connectivity index (χ1) is 43.4. The zero-order valence-electron chi connectivity index (χ0n) is 57.4. The SMILES string of the molecule is CCCCCC/C=C\C=C/CCCCCCCC(=O)OC[C@H](COP(=O)(O)OCC(O)COP(=O)(O)OC[C@@H](COC(=O)CCCCCCCCCC(C)C)OC(=O)CCCCCCC/C=C\C=C/CCCCCC)OC(=O)CCCCCCCCCC(C)C. The van der Waals surface area contributed by atoms with Gasteiger partial charge >= 0.3 is 39.5 Å². The van der Waals surface area contributed by atoms with E-state index in [-0.39, 0.29) is 25.7 Å². The zero-order chi connectivity index (χ0) is 66.5. The molecule has 0 fully saturated rings. The lowest BCUT2D eigenvalue weighted by atomic mass is 10.0. The predicted molar refractivity (Wildman–Crippen MR) is 363 cm³/mol. The van der Waals surface area contributed by atoms with Crippen LogP contribution in [-0.2, 0) is 65.4 Å². The van der Waals surface area contributed by atoms with Gasteiger partial charge in [0.05, 0.1) is 26.4 Å². The Morgan fingerprint density at radius 3 is 0.900 bits per heavy atom. The van der Waals surface area contributed by atoms with Crippen LogP contribution in [0.4, 0.5) is 0 Å². The van der Waals surface area contributed by atoms with E-state index in [2.05, 4.69) is 90.2 Å². The molecule has 0 aliphatic rings. The minimum absolute atomic E-state index is 0.0815. The first-order valence-electron chi connectivity index (χ1n) is 35.6. The first kappa shape index (κ1) is 87.0. The number of aliphatic hydroxyl groups excluding tert-OH is 1. The summed E-state index contributed by atoms with van der Waals surface area (Å²) in [5.74, 6) is -0.798. The number of rotatable bonds is 66. The molecule has 0 aromatic heterocycles. The molecule has 0 saturated carbocycles. The van der Waals surface area contributed by atoms with Gasteiger partial charge < -0.3 is 33.8 Å². The summed E-state index contributed by atoms with van der Waals surface area (Å²) in [4.78, 5) is 72.5. The maximum atomic E-state index is 13.0. The van der Waals surface area contributed by atoms with Gasteiger partial charge in [-0.25, -0.2) is 9.13 Å². The molecular weight excluding hydrogens is 1190 g/mol. The zero-order valence-corrected chi connectivity index (χ0v) is 59.2. The molecule has 0 radical (unpaired) electrons. The van der Waals surface area contributed by atoms with Crippen LogP contribution < -0.4 is 0 Å². The Morgan fingerprint density at radius 2 is 0.600 bits per heavy atom. The number of carbonyl (C=O) groups excluding carboxylic acids is 4. The number of esters is 4. The second-order valence-electron chi connectivity index (χ2n) is 25.2. The van der Waals surface area contributed by atoms with Gasteiger partial charge in [-0.2, -0.15) is 0 Å². The average molecular weight is 1320 g/mol. The van der Waals surface area contributed by atoms with Crippen molar-refractivity contribution in [3.05, 3.63) is 48.6 Å². The van der Waals surface area contributed by atoms with Crippen LogP contribution in [0, 0.1) is 11.8 Å². The molecule has 17 nitrogen and oxygen atoms in total. The fraction of sp³-hybridized carbons (Fsp3) is 0.831. The van der Waals surface area contributed by atoms with E-state index >= 15 is 0 Å². The summed E-state index contributed by atoms with van der Waals surface area (Å²) >= 11 is 0. The van der Waals surface area contributed by atoms with E-state index in [4.69, 9.17) is 37.0 Å². The van der Waals surface area contributed by atoms with Gasteiger partial charge in [0.1, 0.15) is 19.3 Å². The molecule has 0 saturated heterocycles. The van der Waals surface area contributed by atoms with E-state index in [1.54, 1.807) is 0 Å². The molecular formula is C71H130O17P2. The lowest BCUT2D eigenvalue weighted by Gasteiger charge is -2.21. The van der Waals surface area contributed by atoms with E-state index < -0.39 is 97.5 Å². The molecule has 5 atom stereocenters. The highest BCUT2D eigenvalue weighted by Crippen LogP contribution is 2.45. The van der Waals surface area contributed by atoms with Gasteiger partial charge in [0.25, 0.3) is 0 Å². The molecule has 90 heavy (non-hydrogen) atoms. The maximum Gasteiger partial charge on any atom is 0.472 e. The molecule has 0 spiro atoms. The summed E-state index contributed by atoms with van der Waals surface area (Å²) in [5.41, 5.74) is 0. The van der Waals surface area contributed by atoms with Gasteiger partial charge in [-0.1, -0.05) is 257 Å². The number of allylic oxidation sites excluding steroid dienone is 8. The van der Waals surface area contributed by atoms with Crippen molar-refractivity contribution in [1.82, 2.24) is 0 Å². The molecule has 0 heterocycles. The Morgan fingerprint density at radius 1 is 0.344 bits per heavy atom. The van der Waals surface area contributed by atoms with Crippen molar-refractivity contribution in [3.8, 4) is 0 Å². The highest BCUT2D eigenvalue weighted by molar-refractivity contribution is 7.47. The number of hydrogen-bond donors (Lipinski definition) is 3. The maximum absolute atomic E-state index is 13.0. The van der Waals surface area contributed by atoms with Crippen LogP contribution in [0.5, 0.6) is 0 Å². The van der Waals surface area contributed by atoms with E-state index in [1.807, 2.05) is 0 Å². The summed E-state index contributed by atoms with van der Waals surface area (Å²) < 4.78 is 68.2. The lowest BCUT2D eigenvalue weighted by Crippen LogP contribution is -2.30. The Labute approximate surface area is 547 Å². The molecule has 526 valence electrons. The van der Waals surface area contributed by atoms with Gasteiger partial charge in [-0.15, -0.1) is 0 Å². The molecule has 0 aliphatic carbocycles. The quantitative estimate of drug-likeness (QED) is 0.0169. The smallest absolute Gasteiger partial charge is 0.462 e. The molecule has 19 heteroatoms. The van der Waals surface area contributed by atoms with Crippen molar-refractivity contribution < 1.29 is 80.2 Å². The third-order valence-electron chi connectivity index (χ3n) is 15.2. The summed E-state index contributed by atoms with van der Waals surface area (Å²) in [5, 5.41) is 10.6. The van der Waals surface area contributed by atoms with E-state index in [0.29, 0.717) is 37.5 Å². The standard InChI is InChI=1S/C71H130O17P2/c1-7-9-11-13-15-17-19-21-23-25-27-29-35-41-47-53-68(73)81-59-67(88-71(76)56-50-44-38-32-34-40-46-52-64(5)6)62-86-90(79,80)84-58-65(72)57-83-89(77,78)85-61-66(60-82-69(74)54-48-42-37-31-33-39-45-51-63(3)4)87-70(75)55-49-43-36-30-28-26-24-22-20-18-16-14-12-10-8-2/h17-24,63-67,72H,7-16,25-62H2,1-6H3,(H,77,78)(H,79,80)/b19-17-,20-18-,23-21-,24-22-/t65?,66-,67-/m1/s1. The monoisotopic (exact) mass is 1320 g/mol. The number of unbranched alkanes of at least 4 members (excludes halogenated alkanes) is 30. The number of phosphoric acid groups is 2. The first-order valence-corrected chi connectivity index (χ1v) is 38.6. The second-order valence-corrected chi connectivity index (χ2v) is 28.1. The van der Waals surface area contributed by atoms with Crippen LogP contribution >= 0.6 is 15.6 Å². The summed E-state index contributed by atoms with van der Waals surface area (Å²) in [6, 6.07) is 0. The number of phosphoric ester groups is 2. The summed E-state index contributed by atoms with van der Waals surface area (Å²) in [7, 11) is -9.92. The number of ether oxygens (including phenoxy) is 4. The minimum atomic E-state index is -4.96. The van der Waals surface area contributed by atoms with Crippen LogP contribution in [0.25, 0.3) is 0 Å². The van der Waals surface area contributed by atoms with E-state index in [9.17, 15) is 43.2 Å². The fourth-order valence-corrected chi connectivity index (χ4v) is 11.3. The number of hydrogen-bond acceptors (Lipinski definition) is 15. The topological polar surface area (TPSA) is 237 Å². The van der Waals surface area contributed by atoms with Gasteiger partial charge in [0.15, 0.2) is 12.2 Å². The van der Waals surface area contributed by atoms with E-state index in [1.165, 1.54) is 89.9 Å². The van der Waals surface area contributed by atoms with Crippen molar-refractivity contribution >= 4 is 39.5 Å². The summed E-state index contributed by atoms with van der Waals surface area (Å²) in [6.45, 7) is 9.29. The Balaban J connectivity index is 5.29. The number of aliphatic hydroxyl groups is 1. The third-order valence-corrected chi connectivity index (χ3v) is 17.1. The largest absolute Gasteiger partial charge is 0.472 e. The molecule has 0 aliphatic heterocycles. The fourth-order valence-electron chi connectivity index (χ4n) is 9.69. The minimum Gasteiger partial charge on any atom is -0.462 e. The van der Waals surface area contributed by atoms with Crippen molar-refractivity contribution in [2.75, 3.05) is 39.6 Å². The lowest BCUT2D eigenvalue weighted by molar-refractivity contribution is -0.161. The van der Waals surface area contributed by atoms with Crippen molar-refractivity contribution in [2.45, 2.75) is 330 Å². The number of carbonyl (C=O) groups is 4. The Hall–Kier alpha value is -2.98. The van der Waals surface area contributed by atoms with Crippen LogP contribution in [-0.4, -0.2) is 96.7 Å². The molecule has 0 aromatic rings. The van der Waals surface area contributed by atoms with Gasteiger partial charge in [-0.05, 0) is 88.9 Å². The summed E-state index contributed by atoms with van der Waals surface area (Å²) in [6.07, 6.45) is 53.2. The van der Waals surface area contributed by atoms with Gasteiger partial charge in [0, 0.05) is 25.7 Å². The Kier molecular flexibility index (Phi) is 60.1. The van der Waals surface area contributed by atoms with Crippen LogP contribution in [0.1, 0.15) is 311 Å². The van der Waals surface area contributed by atoms with Crippen LogP contribution in [0.2, 0.25) is 0 Å². The molecule has 0 aromatic carbocycles. The molecule has 0 bridgehead atoms. The third kappa shape index (κ3) is 63.8. The molecule has 3 unspecified atom stereocenters. The highest BCUT2D eigenvalue weighted by Gasteiger charge is 2.30. The van der Waals surface area contributed by atoms with Crippen LogP contribution in [0.3, 0.4) is 0 Å². The van der Waals surface area contributed by atoms with Gasteiger partial charge in [-0.3, -0.25) is 37.3 Å². The van der Waals surface area contributed by atoms with Crippen LogP contribution in [0.15, 0.2) is 48.6 Å². The average Bonchev–Trinajstić information content (AvgIpc) is 3.70. The van der Waals surface area contributed by atoms with Crippen molar-refractivity contribution in [2.24, 2.45) is 11.8 Å². The molecule has 3 N–H and O–H groups in total.